The molecule has 1 aromatic rings. The van der Waals surface area contributed by atoms with E-state index in [0.29, 0.717) is 6.04 Å². The minimum atomic E-state index is -0.133. The molecule has 2 nitrogen and oxygen atoms in total. The average Bonchev–Trinajstić information content (AvgIpc) is 2.36. The molecule has 1 saturated carbocycles. The van der Waals surface area contributed by atoms with E-state index in [1.54, 1.807) is 12.1 Å². The van der Waals surface area contributed by atoms with Gasteiger partial charge in [-0.05, 0) is 36.5 Å². The summed E-state index contributed by atoms with van der Waals surface area (Å²) < 4.78 is 13.1. The van der Waals surface area contributed by atoms with Crippen LogP contribution >= 0.6 is 0 Å². The molecule has 1 heterocycles. The van der Waals surface area contributed by atoms with Crippen LogP contribution in [0.25, 0.3) is 0 Å². The molecule has 2 aliphatic rings. The fourth-order valence-electron chi connectivity index (χ4n) is 3.16. The molecule has 1 aromatic carbocycles. The normalized spacial score (nSPS) is 23.6. The topological polar surface area (TPSA) is 15.3 Å². The molecule has 0 aromatic heterocycles. The number of nitrogens with one attached hydrogen (secondary N) is 1. The third kappa shape index (κ3) is 2.43. The lowest BCUT2D eigenvalue weighted by molar-refractivity contribution is 0.0837. The number of piperazine rings is 1. The predicted molar refractivity (Wildman–Crippen MR) is 70.9 cm³/mol. The van der Waals surface area contributed by atoms with Crippen molar-refractivity contribution in [2.45, 2.75) is 25.3 Å². The van der Waals surface area contributed by atoms with Crippen LogP contribution in [0.3, 0.4) is 0 Å². The largest absolute Gasteiger partial charge is 0.314 e. The van der Waals surface area contributed by atoms with Crippen molar-refractivity contribution >= 4 is 0 Å². The summed E-state index contributed by atoms with van der Waals surface area (Å²) in [4.78, 5) is 2.58. The molecule has 0 spiro atoms. The standard InChI is InChI=1S/C15H21FN2/c16-14-6-4-13(5-7-14)15(12-2-1-3-12)18-10-8-17-9-11-18/h4-7,12,15,17H,1-3,8-11H2. The Labute approximate surface area is 108 Å². The summed E-state index contributed by atoms with van der Waals surface area (Å²) in [7, 11) is 0. The number of rotatable bonds is 3. The van der Waals surface area contributed by atoms with Crippen molar-refractivity contribution in [2.75, 3.05) is 26.2 Å². The molecule has 3 rings (SSSR count). The van der Waals surface area contributed by atoms with E-state index in [1.807, 2.05) is 12.1 Å². The van der Waals surface area contributed by atoms with Crippen molar-refractivity contribution in [2.24, 2.45) is 5.92 Å². The van der Waals surface area contributed by atoms with E-state index < -0.39 is 0 Å². The maximum atomic E-state index is 13.1. The minimum absolute atomic E-state index is 0.133. The first-order valence-corrected chi connectivity index (χ1v) is 7.05. The van der Waals surface area contributed by atoms with Gasteiger partial charge in [-0.2, -0.15) is 0 Å². The van der Waals surface area contributed by atoms with E-state index in [4.69, 9.17) is 0 Å². The second-order valence-corrected chi connectivity index (χ2v) is 5.47. The van der Waals surface area contributed by atoms with Gasteiger partial charge in [-0.1, -0.05) is 18.6 Å². The molecule has 3 heteroatoms. The van der Waals surface area contributed by atoms with Crippen molar-refractivity contribution in [3.05, 3.63) is 35.6 Å². The van der Waals surface area contributed by atoms with Gasteiger partial charge in [0.1, 0.15) is 5.82 Å². The number of hydrogen-bond acceptors (Lipinski definition) is 2. The summed E-state index contributed by atoms with van der Waals surface area (Å²) in [6, 6.07) is 7.65. The lowest BCUT2D eigenvalue weighted by atomic mass is 9.76. The molecule has 0 radical (unpaired) electrons. The Kier molecular flexibility index (Phi) is 3.62. The van der Waals surface area contributed by atoms with Crippen molar-refractivity contribution in [1.29, 1.82) is 0 Å². The van der Waals surface area contributed by atoms with Crippen LogP contribution in [0.1, 0.15) is 30.9 Å². The second-order valence-electron chi connectivity index (χ2n) is 5.47. The monoisotopic (exact) mass is 248 g/mol. The van der Waals surface area contributed by atoms with E-state index in [9.17, 15) is 4.39 Å². The second kappa shape index (κ2) is 5.37. The molecule has 0 bridgehead atoms. The summed E-state index contributed by atoms with van der Waals surface area (Å²) in [5.74, 6) is 0.639. The Morgan fingerprint density at radius 2 is 1.78 bits per heavy atom. The van der Waals surface area contributed by atoms with E-state index in [2.05, 4.69) is 10.2 Å². The minimum Gasteiger partial charge on any atom is -0.314 e. The van der Waals surface area contributed by atoms with Gasteiger partial charge in [0, 0.05) is 32.2 Å². The molecule has 1 aliphatic carbocycles. The number of nitrogens with zero attached hydrogens (tertiary/aromatic N) is 1. The zero-order valence-electron chi connectivity index (χ0n) is 10.7. The Morgan fingerprint density at radius 1 is 1.11 bits per heavy atom. The lowest BCUT2D eigenvalue weighted by Crippen LogP contribution is -2.47. The Morgan fingerprint density at radius 3 is 2.33 bits per heavy atom. The van der Waals surface area contributed by atoms with Crippen LogP contribution < -0.4 is 5.32 Å². The van der Waals surface area contributed by atoms with Crippen LogP contribution in [0.5, 0.6) is 0 Å². The van der Waals surface area contributed by atoms with Crippen LogP contribution in [0, 0.1) is 11.7 Å². The zero-order valence-corrected chi connectivity index (χ0v) is 10.7. The first kappa shape index (κ1) is 12.1. The van der Waals surface area contributed by atoms with Crippen LogP contribution in [0.4, 0.5) is 4.39 Å². The Hall–Kier alpha value is -0.930. The Balaban J connectivity index is 1.81. The van der Waals surface area contributed by atoms with E-state index in [1.165, 1.54) is 24.8 Å². The highest BCUT2D eigenvalue weighted by molar-refractivity contribution is 5.21. The molecule has 0 amide bonds. The number of hydrogen-bond donors (Lipinski definition) is 1. The predicted octanol–water partition coefficient (Wildman–Crippen LogP) is 2.57. The molecule has 2 fully saturated rings. The molecule has 1 N–H and O–H groups in total. The van der Waals surface area contributed by atoms with Crippen LogP contribution in [-0.4, -0.2) is 31.1 Å². The van der Waals surface area contributed by atoms with Crippen LogP contribution in [0.2, 0.25) is 0 Å². The summed E-state index contributed by atoms with van der Waals surface area (Å²) in [6.45, 7) is 4.37. The van der Waals surface area contributed by atoms with Gasteiger partial charge in [-0.25, -0.2) is 4.39 Å². The van der Waals surface area contributed by atoms with Gasteiger partial charge >= 0.3 is 0 Å². The summed E-state index contributed by atoms with van der Waals surface area (Å²) in [6.07, 6.45) is 4.01. The quantitative estimate of drug-likeness (QED) is 0.884. The molecule has 18 heavy (non-hydrogen) atoms. The maximum Gasteiger partial charge on any atom is 0.123 e. The highest BCUT2D eigenvalue weighted by atomic mass is 19.1. The third-order valence-corrected chi connectivity index (χ3v) is 4.35. The number of halogens is 1. The lowest BCUT2D eigenvalue weighted by Gasteiger charge is -2.43. The fourth-order valence-corrected chi connectivity index (χ4v) is 3.16. The van der Waals surface area contributed by atoms with Gasteiger partial charge in [0.05, 0.1) is 0 Å². The SMILES string of the molecule is Fc1ccc(C(C2CCC2)N2CCNCC2)cc1. The molecule has 1 aliphatic heterocycles. The summed E-state index contributed by atoms with van der Waals surface area (Å²) >= 11 is 0. The van der Waals surface area contributed by atoms with Gasteiger partial charge in [0.2, 0.25) is 0 Å². The molecule has 1 unspecified atom stereocenters. The van der Waals surface area contributed by atoms with Crippen LogP contribution in [-0.2, 0) is 0 Å². The van der Waals surface area contributed by atoms with Gasteiger partial charge in [-0.15, -0.1) is 0 Å². The van der Waals surface area contributed by atoms with E-state index in [0.717, 1.165) is 32.1 Å². The van der Waals surface area contributed by atoms with Crippen molar-refractivity contribution < 1.29 is 4.39 Å². The van der Waals surface area contributed by atoms with E-state index in [-0.39, 0.29) is 5.82 Å². The highest BCUT2D eigenvalue weighted by Crippen LogP contribution is 2.41. The Bertz CT molecular complexity index is 380. The smallest absolute Gasteiger partial charge is 0.123 e. The first-order valence-electron chi connectivity index (χ1n) is 7.05. The maximum absolute atomic E-state index is 13.1. The molecule has 1 saturated heterocycles. The van der Waals surface area contributed by atoms with Crippen molar-refractivity contribution in [3.63, 3.8) is 0 Å². The summed E-state index contributed by atoms with van der Waals surface area (Å²) in [5.41, 5.74) is 1.29. The fraction of sp³-hybridized carbons (Fsp3) is 0.600. The van der Waals surface area contributed by atoms with Gasteiger partial charge < -0.3 is 5.32 Å². The van der Waals surface area contributed by atoms with Gasteiger partial charge in [0.25, 0.3) is 0 Å². The van der Waals surface area contributed by atoms with Crippen molar-refractivity contribution in [3.8, 4) is 0 Å². The third-order valence-electron chi connectivity index (χ3n) is 4.35. The molecule has 98 valence electrons. The average molecular weight is 248 g/mol. The molecular formula is C15H21FN2. The molecule has 1 atom stereocenters. The first-order chi connectivity index (χ1) is 8.84. The summed E-state index contributed by atoms with van der Waals surface area (Å²) in [5, 5.41) is 3.40. The van der Waals surface area contributed by atoms with E-state index >= 15 is 0 Å². The molecular weight excluding hydrogens is 227 g/mol. The number of benzene rings is 1. The van der Waals surface area contributed by atoms with Gasteiger partial charge in [-0.3, -0.25) is 4.90 Å². The van der Waals surface area contributed by atoms with Crippen LogP contribution in [0.15, 0.2) is 24.3 Å². The van der Waals surface area contributed by atoms with Gasteiger partial charge in [0.15, 0.2) is 0 Å². The van der Waals surface area contributed by atoms with Crippen molar-refractivity contribution in [1.82, 2.24) is 10.2 Å². The highest BCUT2D eigenvalue weighted by Gasteiger charge is 2.33. The zero-order chi connectivity index (χ0) is 12.4.